The molecule has 1 atom stereocenters. The SMILES string of the molecule is CCSC1CCCCN(C(=O)c2nc(-c3cccs3)n(-c3ccc(F)cc3)n2)C1. The van der Waals surface area contributed by atoms with Crippen molar-refractivity contribution in [2.45, 2.75) is 31.4 Å². The molecule has 1 aromatic carbocycles. The van der Waals surface area contributed by atoms with E-state index in [1.165, 1.54) is 23.5 Å². The lowest BCUT2D eigenvalue weighted by molar-refractivity contribution is 0.0751. The Bertz CT molecular complexity index is 956. The topological polar surface area (TPSA) is 51.0 Å². The van der Waals surface area contributed by atoms with Gasteiger partial charge in [-0.2, -0.15) is 11.8 Å². The highest BCUT2D eigenvalue weighted by atomic mass is 32.2. The van der Waals surface area contributed by atoms with Crippen LogP contribution in [0.15, 0.2) is 41.8 Å². The monoisotopic (exact) mass is 430 g/mol. The first-order chi connectivity index (χ1) is 14.2. The second-order valence-corrected chi connectivity index (χ2v) is 9.47. The molecule has 2 aromatic heterocycles. The Hall–Kier alpha value is -2.19. The molecule has 1 unspecified atom stereocenters. The molecule has 0 bridgehead atoms. The third-order valence-electron chi connectivity index (χ3n) is 4.93. The van der Waals surface area contributed by atoms with Crippen LogP contribution in [0.25, 0.3) is 16.4 Å². The van der Waals surface area contributed by atoms with Gasteiger partial charge in [-0.25, -0.2) is 14.1 Å². The highest BCUT2D eigenvalue weighted by molar-refractivity contribution is 7.99. The predicted molar refractivity (Wildman–Crippen MR) is 116 cm³/mol. The summed E-state index contributed by atoms with van der Waals surface area (Å²) in [6.45, 7) is 3.62. The summed E-state index contributed by atoms with van der Waals surface area (Å²) in [6, 6.07) is 9.95. The minimum atomic E-state index is -0.313. The summed E-state index contributed by atoms with van der Waals surface area (Å²) in [7, 11) is 0. The number of thiophene rings is 1. The van der Waals surface area contributed by atoms with E-state index in [2.05, 4.69) is 17.0 Å². The smallest absolute Gasteiger partial charge is 0.293 e. The number of aromatic nitrogens is 3. The van der Waals surface area contributed by atoms with Gasteiger partial charge < -0.3 is 4.90 Å². The molecule has 29 heavy (non-hydrogen) atoms. The molecular formula is C21H23FN4OS2. The lowest BCUT2D eigenvalue weighted by atomic mass is 10.2. The van der Waals surface area contributed by atoms with Gasteiger partial charge >= 0.3 is 0 Å². The van der Waals surface area contributed by atoms with Crippen LogP contribution in [-0.2, 0) is 0 Å². The summed E-state index contributed by atoms with van der Waals surface area (Å²) in [6.07, 6.45) is 3.28. The van der Waals surface area contributed by atoms with E-state index in [9.17, 15) is 9.18 Å². The first-order valence-corrected chi connectivity index (χ1v) is 11.8. The van der Waals surface area contributed by atoms with Crippen LogP contribution in [0.3, 0.4) is 0 Å². The normalized spacial score (nSPS) is 17.3. The summed E-state index contributed by atoms with van der Waals surface area (Å²) in [4.78, 5) is 20.6. The van der Waals surface area contributed by atoms with Gasteiger partial charge in [0, 0.05) is 18.3 Å². The van der Waals surface area contributed by atoms with Gasteiger partial charge in [0.25, 0.3) is 5.91 Å². The zero-order valence-electron chi connectivity index (χ0n) is 16.3. The molecule has 0 spiro atoms. The second-order valence-electron chi connectivity index (χ2n) is 6.95. The van der Waals surface area contributed by atoms with Gasteiger partial charge in [0.15, 0.2) is 5.82 Å². The van der Waals surface area contributed by atoms with Crippen LogP contribution in [0, 0.1) is 5.82 Å². The number of carbonyl (C=O) groups excluding carboxylic acids is 1. The number of hydrogen-bond donors (Lipinski definition) is 0. The molecule has 0 saturated carbocycles. The van der Waals surface area contributed by atoms with Crippen molar-refractivity contribution in [1.29, 1.82) is 0 Å². The van der Waals surface area contributed by atoms with Crippen LogP contribution in [0.1, 0.15) is 36.8 Å². The molecule has 1 fully saturated rings. The number of benzene rings is 1. The Labute approximate surface area is 178 Å². The van der Waals surface area contributed by atoms with Gasteiger partial charge in [-0.15, -0.1) is 16.4 Å². The summed E-state index contributed by atoms with van der Waals surface area (Å²) in [5, 5.41) is 6.96. The molecule has 5 nitrogen and oxygen atoms in total. The van der Waals surface area contributed by atoms with Gasteiger partial charge in [0.2, 0.25) is 5.82 Å². The average molecular weight is 431 g/mol. The van der Waals surface area contributed by atoms with Crippen molar-refractivity contribution in [2.75, 3.05) is 18.8 Å². The highest BCUT2D eigenvalue weighted by Gasteiger charge is 2.27. The van der Waals surface area contributed by atoms with Crippen LogP contribution in [0.4, 0.5) is 4.39 Å². The number of carbonyl (C=O) groups is 1. The van der Waals surface area contributed by atoms with Crippen molar-refractivity contribution in [2.24, 2.45) is 0 Å². The van der Waals surface area contributed by atoms with Gasteiger partial charge in [-0.1, -0.05) is 19.4 Å². The molecule has 0 aliphatic carbocycles. The molecule has 1 amide bonds. The van der Waals surface area contributed by atoms with Crippen LogP contribution >= 0.6 is 23.1 Å². The fourth-order valence-electron chi connectivity index (χ4n) is 3.53. The molecule has 0 N–H and O–H groups in total. The number of likely N-dealkylation sites (tertiary alicyclic amines) is 1. The maximum absolute atomic E-state index is 13.4. The van der Waals surface area contributed by atoms with E-state index in [0.717, 1.165) is 43.0 Å². The number of amides is 1. The number of rotatable bonds is 5. The number of nitrogens with zero attached hydrogens (tertiary/aromatic N) is 4. The van der Waals surface area contributed by atoms with Crippen LogP contribution in [0.2, 0.25) is 0 Å². The average Bonchev–Trinajstić information content (AvgIpc) is 3.35. The standard InChI is InChI=1S/C21H23FN4OS2/c1-2-28-17-6-3-4-12-25(14-17)21(27)19-23-20(18-7-5-13-29-18)26(24-19)16-10-8-15(22)9-11-16/h5,7-11,13,17H,2-4,6,12,14H2,1H3. The van der Waals surface area contributed by atoms with E-state index < -0.39 is 0 Å². The third kappa shape index (κ3) is 4.53. The Balaban J connectivity index is 1.67. The van der Waals surface area contributed by atoms with E-state index >= 15 is 0 Å². The molecule has 4 rings (SSSR count). The first-order valence-electron chi connectivity index (χ1n) is 9.83. The van der Waals surface area contributed by atoms with Gasteiger partial charge in [0.1, 0.15) is 5.82 Å². The second kappa shape index (κ2) is 9.09. The van der Waals surface area contributed by atoms with Crippen molar-refractivity contribution in [3.8, 4) is 16.4 Å². The van der Waals surface area contributed by atoms with Gasteiger partial charge in [-0.05, 0) is 54.3 Å². The lowest BCUT2D eigenvalue weighted by Gasteiger charge is -2.22. The summed E-state index contributed by atoms with van der Waals surface area (Å²) < 4.78 is 15.0. The Morgan fingerprint density at radius 3 is 2.83 bits per heavy atom. The van der Waals surface area contributed by atoms with E-state index in [-0.39, 0.29) is 17.5 Å². The summed E-state index contributed by atoms with van der Waals surface area (Å²) >= 11 is 3.45. The number of thioether (sulfide) groups is 1. The van der Waals surface area contributed by atoms with Gasteiger partial charge in [-0.3, -0.25) is 4.79 Å². The van der Waals surface area contributed by atoms with Gasteiger partial charge in [0.05, 0.1) is 10.6 Å². The fraction of sp³-hybridized carbons (Fsp3) is 0.381. The van der Waals surface area contributed by atoms with E-state index in [1.54, 1.807) is 16.8 Å². The maximum atomic E-state index is 13.4. The largest absolute Gasteiger partial charge is 0.335 e. The van der Waals surface area contributed by atoms with Crippen molar-refractivity contribution in [1.82, 2.24) is 19.7 Å². The number of hydrogen-bond acceptors (Lipinski definition) is 5. The van der Waals surface area contributed by atoms with Crippen molar-refractivity contribution < 1.29 is 9.18 Å². The zero-order valence-corrected chi connectivity index (χ0v) is 17.9. The molecule has 3 aromatic rings. The quantitative estimate of drug-likeness (QED) is 0.579. The molecule has 1 saturated heterocycles. The third-order valence-corrected chi connectivity index (χ3v) is 6.98. The van der Waals surface area contributed by atoms with Crippen LogP contribution in [-0.4, -0.2) is 49.7 Å². The van der Waals surface area contributed by atoms with Crippen molar-refractivity contribution in [3.05, 3.63) is 53.4 Å². The highest BCUT2D eigenvalue weighted by Crippen LogP contribution is 2.27. The summed E-state index contributed by atoms with van der Waals surface area (Å²) in [5.74, 6) is 1.40. The molecular weight excluding hydrogens is 407 g/mol. The Kier molecular flexibility index (Phi) is 6.30. The minimum Gasteiger partial charge on any atom is -0.335 e. The molecule has 0 radical (unpaired) electrons. The van der Waals surface area contributed by atoms with Crippen LogP contribution in [0.5, 0.6) is 0 Å². The first kappa shape index (κ1) is 20.1. The molecule has 1 aliphatic heterocycles. The molecule has 8 heteroatoms. The summed E-state index contributed by atoms with van der Waals surface area (Å²) in [5.41, 5.74) is 0.677. The van der Waals surface area contributed by atoms with Crippen molar-refractivity contribution >= 4 is 29.0 Å². The van der Waals surface area contributed by atoms with E-state index in [1.807, 2.05) is 34.2 Å². The number of halogens is 1. The minimum absolute atomic E-state index is 0.132. The fourth-order valence-corrected chi connectivity index (χ4v) is 5.32. The molecule has 152 valence electrons. The van der Waals surface area contributed by atoms with E-state index in [0.29, 0.717) is 16.8 Å². The zero-order chi connectivity index (χ0) is 20.2. The molecule has 1 aliphatic rings. The maximum Gasteiger partial charge on any atom is 0.293 e. The molecule has 3 heterocycles. The Morgan fingerprint density at radius 2 is 2.10 bits per heavy atom. The predicted octanol–water partition coefficient (Wildman–Crippen LogP) is 4.88. The Morgan fingerprint density at radius 1 is 1.28 bits per heavy atom. The lowest BCUT2D eigenvalue weighted by Crippen LogP contribution is -2.36. The van der Waals surface area contributed by atoms with E-state index in [4.69, 9.17) is 0 Å². The van der Waals surface area contributed by atoms with Crippen molar-refractivity contribution in [3.63, 3.8) is 0 Å². The van der Waals surface area contributed by atoms with Crippen LogP contribution < -0.4 is 0 Å².